The molecule has 6 heteroatoms. The van der Waals surface area contributed by atoms with Crippen molar-refractivity contribution in [2.75, 3.05) is 19.6 Å². The average Bonchev–Trinajstić information content (AvgIpc) is 3.24. The van der Waals surface area contributed by atoms with E-state index in [0.29, 0.717) is 6.54 Å². The van der Waals surface area contributed by atoms with Gasteiger partial charge in [0.2, 0.25) is 11.8 Å². The number of nitrogens with one attached hydrogen (secondary N) is 2. The molecule has 0 bridgehead atoms. The van der Waals surface area contributed by atoms with Crippen molar-refractivity contribution in [2.24, 2.45) is 5.73 Å². The van der Waals surface area contributed by atoms with Gasteiger partial charge in [0.05, 0.1) is 13.1 Å². The van der Waals surface area contributed by atoms with Gasteiger partial charge in [0.1, 0.15) is 5.82 Å². The summed E-state index contributed by atoms with van der Waals surface area (Å²) in [5.74, 6) is -0.877. The molecule has 0 aromatic heterocycles. The van der Waals surface area contributed by atoms with Crippen molar-refractivity contribution in [1.29, 1.82) is 0 Å². The molecule has 1 aliphatic rings. The third-order valence-electron chi connectivity index (χ3n) is 3.57. The fourth-order valence-corrected chi connectivity index (χ4v) is 2.10. The molecule has 0 unspecified atom stereocenters. The van der Waals surface area contributed by atoms with Crippen LogP contribution in [0.25, 0.3) is 0 Å². The Bertz CT molecular complexity index is 498. The molecular formula is C14H18FN3O2. The Labute approximate surface area is 116 Å². The molecule has 0 radical (unpaired) electrons. The first-order chi connectivity index (χ1) is 9.55. The van der Waals surface area contributed by atoms with Gasteiger partial charge in [-0.05, 0) is 30.5 Å². The molecule has 0 aliphatic heterocycles. The third kappa shape index (κ3) is 3.54. The largest absolute Gasteiger partial charge is 0.354 e. The maximum absolute atomic E-state index is 12.9. The van der Waals surface area contributed by atoms with E-state index in [1.54, 1.807) is 12.1 Å². The number of hydrogen-bond donors (Lipinski definition) is 3. The Morgan fingerprint density at radius 3 is 2.35 bits per heavy atom. The summed E-state index contributed by atoms with van der Waals surface area (Å²) in [5, 5.41) is 5.20. The first kappa shape index (κ1) is 14.5. The van der Waals surface area contributed by atoms with Gasteiger partial charge in [-0.3, -0.25) is 9.59 Å². The standard InChI is InChI=1S/C14H18FN3O2/c15-11-3-1-10(2-4-11)14(5-6-14)9-18-13(20)8-17-12(19)7-16/h1-4H,5-9,16H2,(H,17,19)(H,18,20). The number of benzene rings is 1. The van der Waals surface area contributed by atoms with E-state index < -0.39 is 0 Å². The zero-order valence-electron chi connectivity index (χ0n) is 11.1. The van der Waals surface area contributed by atoms with Crippen molar-refractivity contribution in [3.05, 3.63) is 35.6 Å². The monoisotopic (exact) mass is 279 g/mol. The van der Waals surface area contributed by atoms with Crippen molar-refractivity contribution in [3.63, 3.8) is 0 Å². The molecule has 2 rings (SSSR count). The fourth-order valence-electron chi connectivity index (χ4n) is 2.10. The molecule has 108 valence electrons. The first-order valence-electron chi connectivity index (χ1n) is 6.55. The predicted molar refractivity (Wildman–Crippen MR) is 72.4 cm³/mol. The van der Waals surface area contributed by atoms with E-state index in [-0.39, 0.29) is 36.1 Å². The summed E-state index contributed by atoms with van der Waals surface area (Å²) in [6.45, 7) is 0.290. The van der Waals surface area contributed by atoms with E-state index >= 15 is 0 Å². The number of carbonyl (C=O) groups excluding carboxylic acids is 2. The Morgan fingerprint density at radius 1 is 1.15 bits per heavy atom. The van der Waals surface area contributed by atoms with Gasteiger partial charge < -0.3 is 16.4 Å². The van der Waals surface area contributed by atoms with Crippen LogP contribution in [-0.2, 0) is 15.0 Å². The second-order valence-corrected chi connectivity index (χ2v) is 5.04. The van der Waals surface area contributed by atoms with Crippen LogP contribution in [0, 0.1) is 5.82 Å². The summed E-state index contributed by atoms with van der Waals surface area (Å²) in [6.07, 6.45) is 1.93. The van der Waals surface area contributed by atoms with Crippen LogP contribution in [-0.4, -0.2) is 31.4 Å². The molecule has 1 saturated carbocycles. The quantitative estimate of drug-likeness (QED) is 0.688. The van der Waals surface area contributed by atoms with Crippen LogP contribution in [0.5, 0.6) is 0 Å². The second-order valence-electron chi connectivity index (χ2n) is 5.04. The van der Waals surface area contributed by atoms with Gasteiger partial charge in [-0.2, -0.15) is 0 Å². The Balaban J connectivity index is 1.83. The van der Waals surface area contributed by atoms with E-state index in [2.05, 4.69) is 10.6 Å². The van der Waals surface area contributed by atoms with Crippen molar-refractivity contribution in [3.8, 4) is 0 Å². The van der Waals surface area contributed by atoms with Gasteiger partial charge >= 0.3 is 0 Å². The number of halogens is 1. The van der Waals surface area contributed by atoms with Crippen molar-refractivity contribution < 1.29 is 14.0 Å². The molecule has 0 atom stereocenters. The number of nitrogens with two attached hydrogens (primary N) is 1. The van der Waals surface area contributed by atoms with E-state index in [4.69, 9.17) is 5.73 Å². The predicted octanol–water partition coefficient (Wildman–Crippen LogP) is 0.0484. The summed E-state index contributed by atoms with van der Waals surface area (Å²) in [7, 11) is 0. The van der Waals surface area contributed by atoms with Crippen LogP contribution in [0.15, 0.2) is 24.3 Å². The number of amides is 2. The molecule has 0 spiro atoms. The smallest absolute Gasteiger partial charge is 0.239 e. The minimum absolute atomic E-state index is 0.0739. The lowest BCUT2D eigenvalue weighted by atomic mass is 9.96. The molecular weight excluding hydrogens is 261 g/mol. The maximum atomic E-state index is 12.9. The molecule has 1 aliphatic carbocycles. The third-order valence-corrected chi connectivity index (χ3v) is 3.57. The summed E-state index contributed by atoms with van der Waals surface area (Å²) >= 11 is 0. The Kier molecular flexibility index (Phi) is 4.34. The van der Waals surface area contributed by atoms with Crippen LogP contribution >= 0.6 is 0 Å². The highest BCUT2D eigenvalue weighted by atomic mass is 19.1. The van der Waals surface area contributed by atoms with E-state index in [9.17, 15) is 14.0 Å². The van der Waals surface area contributed by atoms with Gasteiger partial charge in [-0.1, -0.05) is 12.1 Å². The zero-order valence-corrected chi connectivity index (χ0v) is 11.1. The van der Waals surface area contributed by atoms with Crippen LogP contribution in [0.4, 0.5) is 4.39 Å². The first-order valence-corrected chi connectivity index (χ1v) is 6.55. The molecule has 1 fully saturated rings. The highest BCUT2D eigenvalue weighted by Crippen LogP contribution is 2.47. The van der Waals surface area contributed by atoms with Crippen LogP contribution < -0.4 is 16.4 Å². The van der Waals surface area contributed by atoms with Gasteiger partial charge in [0, 0.05) is 12.0 Å². The van der Waals surface area contributed by atoms with E-state index in [1.807, 2.05) is 0 Å². The average molecular weight is 279 g/mol. The SMILES string of the molecule is NCC(=O)NCC(=O)NCC1(c2ccc(F)cc2)CC1. The molecule has 1 aromatic carbocycles. The lowest BCUT2D eigenvalue weighted by Gasteiger charge is -2.16. The minimum Gasteiger partial charge on any atom is -0.354 e. The van der Waals surface area contributed by atoms with Crippen LogP contribution in [0.1, 0.15) is 18.4 Å². The normalized spacial score (nSPS) is 15.5. The summed E-state index contributed by atoms with van der Waals surface area (Å²) in [6, 6.07) is 6.37. The van der Waals surface area contributed by atoms with E-state index in [1.165, 1.54) is 12.1 Å². The maximum Gasteiger partial charge on any atom is 0.239 e. The molecule has 1 aromatic rings. The molecule has 0 saturated heterocycles. The van der Waals surface area contributed by atoms with Crippen molar-refractivity contribution >= 4 is 11.8 Å². The minimum atomic E-state index is -0.361. The summed E-state index contributed by atoms with van der Waals surface area (Å²) in [4.78, 5) is 22.5. The highest BCUT2D eigenvalue weighted by molar-refractivity contribution is 5.85. The molecule has 4 N–H and O–H groups in total. The van der Waals surface area contributed by atoms with Crippen molar-refractivity contribution in [2.45, 2.75) is 18.3 Å². The number of carbonyl (C=O) groups is 2. The molecule has 20 heavy (non-hydrogen) atoms. The van der Waals surface area contributed by atoms with Gasteiger partial charge in [-0.25, -0.2) is 4.39 Å². The van der Waals surface area contributed by atoms with Crippen LogP contribution in [0.3, 0.4) is 0 Å². The number of hydrogen-bond acceptors (Lipinski definition) is 3. The lowest BCUT2D eigenvalue weighted by molar-refractivity contribution is -0.125. The summed E-state index contributed by atoms with van der Waals surface area (Å²) in [5.41, 5.74) is 6.08. The highest BCUT2D eigenvalue weighted by Gasteiger charge is 2.44. The summed E-state index contributed by atoms with van der Waals surface area (Å²) < 4.78 is 12.9. The lowest BCUT2D eigenvalue weighted by Crippen LogP contribution is -2.41. The molecule has 0 heterocycles. The van der Waals surface area contributed by atoms with Crippen molar-refractivity contribution in [1.82, 2.24) is 10.6 Å². The van der Waals surface area contributed by atoms with E-state index in [0.717, 1.165) is 18.4 Å². The van der Waals surface area contributed by atoms with Gasteiger partial charge in [0.15, 0.2) is 0 Å². The van der Waals surface area contributed by atoms with Crippen LogP contribution in [0.2, 0.25) is 0 Å². The Hall–Kier alpha value is -1.95. The van der Waals surface area contributed by atoms with Gasteiger partial charge in [0.25, 0.3) is 0 Å². The second kappa shape index (κ2) is 6.00. The molecule has 5 nitrogen and oxygen atoms in total. The fraction of sp³-hybridized carbons (Fsp3) is 0.429. The topological polar surface area (TPSA) is 84.2 Å². The molecule has 2 amide bonds. The zero-order chi connectivity index (χ0) is 14.6. The number of rotatable bonds is 6. The van der Waals surface area contributed by atoms with Gasteiger partial charge in [-0.15, -0.1) is 0 Å². The Morgan fingerprint density at radius 2 is 1.80 bits per heavy atom.